The van der Waals surface area contributed by atoms with Crippen molar-refractivity contribution in [3.63, 3.8) is 0 Å². The molecule has 0 saturated heterocycles. The van der Waals surface area contributed by atoms with Crippen LogP contribution < -0.4 is 0 Å². The molecule has 0 bridgehead atoms. The highest BCUT2D eigenvalue weighted by atomic mass is 16.5. The van der Waals surface area contributed by atoms with E-state index >= 15 is 0 Å². The quantitative estimate of drug-likeness (QED) is 0.423. The first-order valence-electron chi connectivity index (χ1n) is 10.5. The second kappa shape index (κ2) is 13.5. The number of hydrogen-bond donors (Lipinski definition) is 0. The topological polar surface area (TPSA) is 43.4 Å². The minimum Gasteiger partial charge on any atom is -0.499 e. The minimum atomic E-state index is -0.0704. The first-order chi connectivity index (χ1) is 14.0. The lowest BCUT2D eigenvalue weighted by molar-refractivity contribution is -0.123. The molecule has 0 unspecified atom stereocenters. The molecule has 1 fully saturated rings. The van der Waals surface area contributed by atoms with Crippen LogP contribution in [0.4, 0.5) is 0 Å². The summed E-state index contributed by atoms with van der Waals surface area (Å²) in [6, 6.07) is 19.2. The fourth-order valence-electron chi connectivity index (χ4n) is 3.43. The van der Waals surface area contributed by atoms with Gasteiger partial charge in [-0.3, -0.25) is 9.59 Å². The Bertz CT molecular complexity index is 750. The maximum absolute atomic E-state index is 12.2. The van der Waals surface area contributed by atoms with E-state index in [0.717, 1.165) is 29.7 Å². The van der Waals surface area contributed by atoms with Crippen LogP contribution in [0.1, 0.15) is 68.8 Å². The summed E-state index contributed by atoms with van der Waals surface area (Å²) in [5, 5.41) is 0. The third kappa shape index (κ3) is 7.69. The minimum absolute atomic E-state index is 0.0704. The van der Waals surface area contributed by atoms with Gasteiger partial charge in [-0.15, -0.1) is 0 Å². The fourth-order valence-corrected chi connectivity index (χ4v) is 3.43. The monoisotopic (exact) mass is 394 g/mol. The number of carbonyl (C=O) groups excluding carboxylic acids is 2. The maximum atomic E-state index is 12.2. The molecule has 29 heavy (non-hydrogen) atoms. The number of Topliss-reactive ketones (excluding diaryl/α,β-unsaturated/α-hetero) is 2. The van der Waals surface area contributed by atoms with Crippen LogP contribution in [0.2, 0.25) is 0 Å². The summed E-state index contributed by atoms with van der Waals surface area (Å²) in [7, 11) is 0. The van der Waals surface area contributed by atoms with Gasteiger partial charge in [0, 0.05) is 17.9 Å². The van der Waals surface area contributed by atoms with Gasteiger partial charge in [0.15, 0.2) is 5.78 Å². The molecule has 0 aromatic heterocycles. The predicted molar refractivity (Wildman–Crippen MR) is 120 cm³/mol. The number of hydrogen-bond acceptors (Lipinski definition) is 3. The third-order valence-electron chi connectivity index (χ3n) is 4.77. The van der Waals surface area contributed by atoms with Crippen molar-refractivity contribution in [3.8, 4) is 0 Å². The molecule has 0 radical (unpaired) electrons. The maximum Gasteiger partial charge on any atom is 0.159 e. The van der Waals surface area contributed by atoms with Crippen LogP contribution in [0.25, 0.3) is 0 Å². The Morgan fingerprint density at radius 3 is 2.07 bits per heavy atom. The molecule has 0 N–H and O–H groups in total. The van der Waals surface area contributed by atoms with Crippen molar-refractivity contribution in [1.82, 2.24) is 0 Å². The second-order valence-electron chi connectivity index (χ2n) is 6.67. The molecule has 2 atom stereocenters. The Labute approximate surface area is 175 Å². The van der Waals surface area contributed by atoms with Crippen LogP contribution in [0.5, 0.6) is 0 Å². The smallest absolute Gasteiger partial charge is 0.159 e. The molecular formula is C26H34O3. The van der Waals surface area contributed by atoms with Gasteiger partial charge in [0.2, 0.25) is 0 Å². The van der Waals surface area contributed by atoms with Crippen molar-refractivity contribution in [1.29, 1.82) is 0 Å². The second-order valence-corrected chi connectivity index (χ2v) is 6.67. The lowest BCUT2D eigenvalue weighted by Gasteiger charge is -2.31. The van der Waals surface area contributed by atoms with Gasteiger partial charge in [-0.05, 0) is 32.3 Å². The molecule has 2 aromatic rings. The summed E-state index contributed by atoms with van der Waals surface area (Å²) in [5.41, 5.74) is 1.87. The molecule has 1 aliphatic rings. The van der Waals surface area contributed by atoms with E-state index in [1.807, 2.05) is 81.4 Å². The molecule has 3 heteroatoms. The van der Waals surface area contributed by atoms with E-state index in [1.54, 1.807) is 6.92 Å². The molecule has 1 saturated carbocycles. The molecular weight excluding hydrogens is 360 g/mol. The van der Waals surface area contributed by atoms with Gasteiger partial charge in [0.1, 0.15) is 5.78 Å². The zero-order valence-electron chi connectivity index (χ0n) is 18.2. The zero-order chi connectivity index (χ0) is 21.6. The zero-order valence-corrected chi connectivity index (χ0v) is 18.2. The van der Waals surface area contributed by atoms with E-state index in [0.29, 0.717) is 18.8 Å². The number of rotatable bonds is 5. The molecule has 3 nitrogen and oxygen atoms in total. The molecule has 0 amide bonds. The molecule has 156 valence electrons. The molecule has 0 heterocycles. The van der Waals surface area contributed by atoms with E-state index < -0.39 is 0 Å². The van der Waals surface area contributed by atoms with Crippen LogP contribution in [0.3, 0.4) is 0 Å². The highest BCUT2D eigenvalue weighted by Gasteiger charge is 2.35. The van der Waals surface area contributed by atoms with Gasteiger partial charge in [-0.2, -0.15) is 0 Å². The Morgan fingerprint density at radius 2 is 1.59 bits per heavy atom. The van der Waals surface area contributed by atoms with Crippen LogP contribution in [0, 0.1) is 5.92 Å². The van der Waals surface area contributed by atoms with E-state index in [-0.39, 0.29) is 17.6 Å². The van der Waals surface area contributed by atoms with Gasteiger partial charge in [0.25, 0.3) is 0 Å². The largest absolute Gasteiger partial charge is 0.499 e. The normalized spacial score (nSPS) is 17.7. The lowest BCUT2D eigenvalue weighted by Crippen LogP contribution is -2.28. The van der Waals surface area contributed by atoms with Gasteiger partial charge in [0.05, 0.1) is 18.3 Å². The predicted octanol–water partition coefficient (Wildman–Crippen LogP) is 6.61. The summed E-state index contributed by atoms with van der Waals surface area (Å²) in [4.78, 5) is 22.9. The van der Waals surface area contributed by atoms with Crippen LogP contribution >= 0.6 is 0 Å². The molecule has 0 spiro atoms. The Morgan fingerprint density at radius 1 is 1.03 bits per heavy atom. The van der Waals surface area contributed by atoms with E-state index in [4.69, 9.17) is 4.74 Å². The van der Waals surface area contributed by atoms with Gasteiger partial charge in [-0.1, -0.05) is 81.1 Å². The fraction of sp³-hybridized carbons (Fsp3) is 0.385. The summed E-state index contributed by atoms with van der Waals surface area (Å²) >= 11 is 0. The van der Waals surface area contributed by atoms with Crippen LogP contribution in [-0.2, 0) is 9.53 Å². The first kappa shape index (κ1) is 24.4. The summed E-state index contributed by atoms with van der Waals surface area (Å²) in [6.07, 6.45) is 2.61. The van der Waals surface area contributed by atoms with E-state index in [1.165, 1.54) is 0 Å². The number of allylic oxidation sites excluding steroid dienone is 1. The number of benzene rings is 2. The van der Waals surface area contributed by atoms with Gasteiger partial charge >= 0.3 is 0 Å². The van der Waals surface area contributed by atoms with Gasteiger partial charge < -0.3 is 4.74 Å². The van der Waals surface area contributed by atoms with Crippen molar-refractivity contribution in [3.05, 3.63) is 84.1 Å². The summed E-state index contributed by atoms with van der Waals surface area (Å²) < 4.78 is 5.53. The molecule has 1 aliphatic carbocycles. The number of carbonyl (C=O) groups is 2. The van der Waals surface area contributed by atoms with E-state index in [9.17, 15) is 9.59 Å². The van der Waals surface area contributed by atoms with Crippen molar-refractivity contribution in [2.45, 2.75) is 52.9 Å². The Hall–Kier alpha value is -2.68. The van der Waals surface area contributed by atoms with Crippen molar-refractivity contribution in [2.24, 2.45) is 5.92 Å². The van der Waals surface area contributed by atoms with Crippen molar-refractivity contribution >= 4 is 11.6 Å². The van der Waals surface area contributed by atoms with Crippen molar-refractivity contribution < 1.29 is 14.3 Å². The first-order valence-corrected chi connectivity index (χ1v) is 10.5. The SMILES string of the molecule is C=C(OCC)[C@H]1CCCC(=O)[C@@H]1c1ccccc1.CC.CC(=O)c1ccccc1. The highest BCUT2D eigenvalue weighted by molar-refractivity contribution is 5.93. The van der Waals surface area contributed by atoms with E-state index in [2.05, 4.69) is 6.58 Å². The molecule has 2 aromatic carbocycles. The molecule has 0 aliphatic heterocycles. The number of ketones is 2. The molecule has 3 rings (SSSR count). The number of ether oxygens (including phenoxy) is 1. The van der Waals surface area contributed by atoms with Crippen molar-refractivity contribution in [2.75, 3.05) is 6.61 Å². The standard InChI is InChI=1S/C16H20O2.C8H8O.C2H6/c1-3-18-12(2)14-10-7-11-15(17)16(14)13-8-5-4-6-9-13;1-7(9)8-5-3-2-4-6-8;1-2/h4-6,8-9,14,16H,2-3,7,10-11H2,1H3;2-6H,1H3;1-2H3/t14-,16-;;/m1../s1. The lowest BCUT2D eigenvalue weighted by atomic mass is 9.74. The summed E-state index contributed by atoms with van der Waals surface area (Å²) in [6.45, 7) is 12.1. The van der Waals surface area contributed by atoms with Crippen LogP contribution in [0.15, 0.2) is 73.0 Å². The Balaban J connectivity index is 0.000000321. The average Bonchev–Trinajstić information content (AvgIpc) is 2.77. The third-order valence-corrected chi connectivity index (χ3v) is 4.77. The average molecular weight is 395 g/mol. The Kier molecular flexibility index (Phi) is 11.3. The van der Waals surface area contributed by atoms with Crippen LogP contribution in [-0.4, -0.2) is 18.2 Å². The highest BCUT2D eigenvalue weighted by Crippen LogP contribution is 2.39. The van der Waals surface area contributed by atoms with Gasteiger partial charge in [-0.25, -0.2) is 0 Å². The summed E-state index contributed by atoms with van der Waals surface area (Å²) in [5.74, 6) is 1.26.